The van der Waals surface area contributed by atoms with E-state index in [0.717, 1.165) is 69.8 Å². The molecule has 0 radical (unpaired) electrons. The van der Waals surface area contributed by atoms with Gasteiger partial charge < -0.3 is 15.2 Å². The molecule has 35 heavy (non-hydrogen) atoms. The Bertz CT molecular complexity index is 1200. The summed E-state index contributed by atoms with van der Waals surface area (Å²) in [7, 11) is 0. The van der Waals surface area contributed by atoms with Crippen molar-refractivity contribution in [2.24, 2.45) is 0 Å². The van der Waals surface area contributed by atoms with Crippen molar-refractivity contribution in [3.8, 4) is 22.8 Å². The van der Waals surface area contributed by atoms with E-state index in [1.54, 1.807) is 4.57 Å². The number of hydrogen-bond acceptors (Lipinski definition) is 6. The number of ether oxygens (including phenoxy) is 1. The molecule has 5 rings (SSSR count). The molecule has 2 heterocycles. The predicted molar refractivity (Wildman–Crippen MR) is 134 cm³/mol. The molecular weight excluding hydrogens is 442 g/mol. The zero-order chi connectivity index (χ0) is 24.4. The second-order valence-corrected chi connectivity index (χ2v) is 9.67. The molecule has 8 nitrogen and oxygen atoms in total. The lowest BCUT2D eigenvalue weighted by Crippen LogP contribution is -2.35. The van der Waals surface area contributed by atoms with Crippen LogP contribution in [0.2, 0.25) is 0 Å². The first-order valence-electron chi connectivity index (χ1n) is 12.5. The summed E-state index contributed by atoms with van der Waals surface area (Å²) in [5, 5.41) is 22.7. The van der Waals surface area contributed by atoms with Gasteiger partial charge in [0.15, 0.2) is 5.82 Å². The van der Waals surface area contributed by atoms with Crippen LogP contribution in [-0.4, -0.2) is 63.0 Å². The van der Waals surface area contributed by atoms with E-state index in [1.165, 1.54) is 11.1 Å². The second kappa shape index (κ2) is 10.2. The van der Waals surface area contributed by atoms with Gasteiger partial charge in [-0.15, -0.1) is 10.2 Å². The Balaban J connectivity index is 1.54. The number of aryl methyl sites for hydroxylation is 1. The largest absolute Gasteiger partial charge is 0.507 e. The van der Waals surface area contributed by atoms with Gasteiger partial charge in [0, 0.05) is 31.4 Å². The monoisotopic (exact) mass is 475 g/mol. The lowest BCUT2D eigenvalue weighted by atomic mass is 9.89. The van der Waals surface area contributed by atoms with Crippen molar-refractivity contribution in [2.45, 2.75) is 52.1 Å². The summed E-state index contributed by atoms with van der Waals surface area (Å²) in [6, 6.07) is 12.1. The number of phenols is 1. The Labute approximate surface area is 205 Å². The summed E-state index contributed by atoms with van der Waals surface area (Å²) in [4.78, 5) is 15.4. The average molecular weight is 476 g/mol. The summed E-state index contributed by atoms with van der Waals surface area (Å²) in [5.74, 6) is 0.613. The smallest absolute Gasteiger partial charge is 0.289 e. The molecule has 0 saturated carbocycles. The van der Waals surface area contributed by atoms with Crippen LogP contribution in [0.15, 0.2) is 36.4 Å². The molecule has 1 saturated heterocycles. The highest BCUT2D eigenvalue weighted by Gasteiger charge is 2.25. The minimum absolute atomic E-state index is 0.0378. The van der Waals surface area contributed by atoms with E-state index < -0.39 is 0 Å². The van der Waals surface area contributed by atoms with Gasteiger partial charge in [-0.25, -0.2) is 0 Å². The molecule has 8 heteroatoms. The molecule has 2 aromatic carbocycles. The van der Waals surface area contributed by atoms with Crippen LogP contribution in [0.3, 0.4) is 0 Å². The van der Waals surface area contributed by atoms with Crippen LogP contribution in [0, 0.1) is 0 Å². The molecule has 2 aliphatic rings. The maximum absolute atomic E-state index is 13.0. The normalized spacial score (nSPS) is 16.3. The number of morpholine rings is 1. The molecule has 0 spiro atoms. The number of nitrogens with zero attached hydrogens (tertiary/aromatic N) is 4. The van der Waals surface area contributed by atoms with E-state index in [0.29, 0.717) is 11.4 Å². The molecule has 0 unspecified atom stereocenters. The summed E-state index contributed by atoms with van der Waals surface area (Å²) >= 11 is 0. The van der Waals surface area contributed by atoms with Gasteiger partial charge in [0.2, 0.25) is 5.82 Å². The number of carbonyl (C=O) groups excluding carboxylic acids is 1. The van der Waals surface area contributed by atoms with E-state index in [9.17, 15) is 9.90 Å². The van der Waals surface area contributed by atoms with Crippen molar-refractivity contribution in [3.63, 3.8) is 0 Å². The van der Waals surface area contributed by atoms with Crippen molar-refractivity contribution in [1.29, 1.82) is 0 Å². The van der Waals surface area contributed by atoms with E-state index >= 15 is 0 Å². The van der Waals surface area contributed by atoms with Crippen molar-refractivity contribution < 1.29 is 14.6 Å². The average Bonchev–Trinajstić information content (AvgIpc) is 3.30. The van der Waals surface area contributed by atoms with E-state index in [-0.39, 0.29) is 23.5 Å². The fraction of sp³-hybridized carbons (Fsp3) is 0.444. The van der Waals surface area contributed by atoms with Gasteiger partial charge in [0.1, 0.15) is 5.75 Å². The second-order valence-electron chi connectivity index (χ2n) is 9.67. The molecule has 0 atom stereocenters. The van der Waals surface area contributed by atoms with Crippen LogP contribution in [0.1, 0.15) is 54.0 Å². The van der Waals surface area contributed by atoms with Gasteiger partial charge in [-0.3, -0.25) is 14.3 Å². The number of fused-ring (bicyclic) bond motifs is 1. The maximum Gasteiger partial charge on any atom is 0.289 e. The maximum atomic E-state index is 13.0. The number of phenolic OH excluding ortho intramolecular Hbond substituents is 1. The fourth-order valence-electron chi connectivity index (χ4n) is 4.93. The lowest BCUT2D eigenvalue weighted by Gasteiger charge is -2.26. The first kappa shape index (κ1) is 23.5. The number of carbonyl (C=O) groups is 1. The molecular formula is C27H33N5O3. The third-order valence-corrected chi connectivity index (χ3v) is 6.73. The first-order chi connectivity index (χ1) is 17.0. The standard InChI is InChI=1S/C27H33N5O3/c1-18(2)28-27(34)26-30-29-25(23-12-9-20-5-3-4-6-22(20)24(23)33)32(26)21-10-7-19(8-11-21)17-31-13-15-35-16-14-31/h7-12,18,33H,3-6,13-17H2,1-2H3,(H,28,34). The number of aromatic hydroxyl groups is 1. The van der Waals surface area contributed by atoms with Crippen molar-refractivity contribution >= 4 is 5.91 Å². The van der Waals surface area contributed by atoms with Crippen LogP contribution in [-0.2, 0) is 24.1 Å². The highest BCUT2D eigenvalue weighted by Crippen LogP contribution is 2.38. The topological polar surface area (TPSA) is 92.5 Å². The number of benzene rings is 2. The minimum Gasteiger partial charge on any atom is -0.507 e. The van der Waals surface area contributed by atoms with E-state index in [4.69, 9.17) is 4.74 Å². The fourth-order valence-corrected chi connectivity index (χ4v) is 4.93. The molecule has 1 aliphatic heterocycles. The lowest BCUT2D eigenvalue weighted by molar-refractivity contribution is 0.0342. The van der Waals surface area contributed by atoms with Crippen LogP contribution in [0.4, 0.5) is 0 Å². The zero-order valence-corrected chi connectivity index (χ0v) is 20.5. The Morgan fingerprint density at radius 3 is 2.54 bits per heavy atom. The Morgan fingerprint density at radius 2 is 1.80 bits per heavy atom. The number of rotatable bonds is 6. The molecule has 1 fully saturated rings. The summed E-state index contributed by atoms with van der Waals surface area (Å²) < 4.78 is 7.20. The Morgan fingerprint density at radius 1 is 1.06 bits per heavy atom. The summed E-state index contributed by atoms with van der Waals surface area (Å²) in [6.07, 6.45) is 4.02. The van der Waals surface area contributed by atoms with Gasteiger partial charge >= 0.3 is 0 Å². The van der Waals surface area contributed by atoms with E-state index in [1.807, 2.05) is 32.0 Å². The van der Waals surface area contributed by atoms with Crippen molar-refractivity contribution in [3.05, 3.63) is 58.9 Å². The predicted octanol–water partition coefficient (Wildman–Crippen LogP) is 3.49. The zero-order valence-electron chi connectivity index (χ0n) is 20.5. The number of amides is 1. The number of aromatic nitrogens is 3. The van der Waals surface area contributed by atoms with Crippen molar-refractivity contribution in [2.75, 3.05) is 26.3 Å². The third-order valence-electron chi connectivity index (χ3n) is 6.73. The van der Waals surface area contributed by atoms with Gasteiger partial charge in [-0.05, 0) is 74.4 Å². The number of nitrogens with one attached hydrogen (secondary N) is 1. The third kappa shape index (κ3) is 4.94. The van der Waals surface area contributed by atoms with E-state index in [2.05, 4.69) is 38.6 Å². The minimum atomic E-state index is -0.298. The quantitative estimate of drug-likeness (QED) is 0.567. The molecule has 0 bridgehead atoms. The summed E-state index contributed by atoms with van der Waals surface area (Å²) in [6.45, 7) is 8.06. The van der Waals surface area contributed by atoms with Crippen LogP contribution >= 0.6 is 0 Å². The molecule has 3 aromatic rings. The Kier molecular flexibility index (Phi) is 6.83. The highest BCUT2D eigenvalue weighted by atomic mass is 16.5. The number of hydrogen-bond donors (Lipinski definition) is 2. The van der Waals surface area contributed by atoms with Gasteiger partial charge in [0.25, 0.3) is 5.91 Å². The van der Waals surface area contributed by atoms with Crippen LogP contribution in [0.5, 0.6) is 5.75 Å². The van der Waals surface area contributed by atoms with Crippen LogP contribution in [0.25, 0.3) is 17.1 Å². The molecule has 1 aromatic heterocycles. The SMILES string of the molecule is CC(C)NC(=O)c1nnc(-c2ccc3c(c2O)CCCC3)n1-c1ccc(CN2CCOCC2)cc1. The molecule has 1 amide bonds. The van der Waals surface area contributed by atoms with Gasteiger partial charge in [0.05, 0.1) is 18.8 Å². The summed E-state index contributed by atoms with van der Waals surface area (Å²) in [5.41, 5.74) is 4.74. The molecule has 2 N–H and O–H groups in total. The van der Waals surface area contributed by atoms with Crippen LogP contribution < -0.4 is 5.32 Å². The Hall–Kier alpha value is -3.23. The van der Waals surface area contributed by atoms with Crippen molar-refractivity contribution in [1.82, 2.24) is 25.0 Å². The molecule has 1 aliphatic carbocycles. The van der Waals surface area contributed by atoms with Gasteiger partial charge in [-0.2, -0.15) is 0 Å². The highest BCUT2D eigenvalue weighted by molar-refractivity contribution is 5.92. The van der Waals surface area contributed by atoms with Gasteiger partial charge in [-0.1, -0.05) is 18.2 Å². The first-order valence-corrected chi connectivity index (χ1v) is 12.5. The molecule has 184 valence electrons.